The molecule has 0 spiro atoms. The third-order valence-corrected chi connectivity index (χ3v) is 4.28. The Bertz CT molecular complexity index is 774. The van der Waals surface area contributed by atoms with Crippen molar-refractivity contribution in [3.63, 3.8) is 0 Å². The average molecular weight is 367 g/mol. The zero-order chi connectivity index (χ0) is 18.5. The number of fused-ring (bicyclic) bond motifs is 1. The quantitative estimate of drug-likeness (QED) is 0.797. The third-order valence-electron chi connectivity index (χ3n) is 4.28. The lowest BCUT2D eigenvalue weighted by atomic mass is 9.88. The van der Waals surface area contributed by atoms with Crippen LogP contribution in [0.3, 0.4) is 0 Å². The average Bonchev–Trinajstić information content (AvgIpc) is 2.86. The molecule has 1 saturated heterocycles. The Kier molecular flexibility index (Phi) is 4.23. The van der Waals surface area contributed by atoms with Crippen LogP contribution in [0.1, 0.15) is 29.8 Å². The highest BCUT2D eigenvalue weighted by atomic mass is 19.4. The summed E-state index contributed by atoms with van der Waals surface area (Å²) in [4.78, 5) is 6.44. The van der Waals surface area contributed by atoms with Crippen molar-refractivity contribution in [3.8, 4) is 0 Å². The Morgan fingerprint density at radius 1 is 1.08 bits per heavy atom. The zero-order valence-corrected chi connectivity index (χ0v) is 12.9. The van der Waals surface area contributed by atoms with Crippen molar-refractivity contribution in [2.75, 3.05) is 13.2 Å². The number of nitrogens with one attached hydrogen (secondary N) is 1. The Balaban J connectivity index is 2.06. The number of nitrogens with zero attached hydrogens (tertiary/aromatic N) is 1. The highest BCUT2D eigenvalue weighted by Crippen LogP contribution is 2.39. The molecule has 4 nitrogen and oxygen atoms in total. The van der Waals surface area contributed by atoms with Crippen LogP contribution < -0.4 is 5.73 Å². The van der Waals surface area contributed by atoms with Crippen molar-refractivity contribution in [2.45, 2.75) is 37.2 Å². The second kappa shape index (κ2) is 5.87. The van der Waals surface area contributed by atoms with Crippen molar-refractivity contribution >= 4 is 11.0 Å². The monoisotopic (exact) mass is 367 g/mol. The maximum absolute atomic E-state index is 13.2. The minimum absolute atomic E-state index is 0.0830. The number of hydrogen-bond acceptors (Lipinski definition) is 3. The molecule has 0 radical (unpaired) electrons. The summed E-state index contributed by atoms with van der Waals surface area (Å²) in [6, 6.07) is 0.716. The van der Waals surface area contributed by atoms with Crippen LogP contribution in [-0.2, 0) is 23.5 Å². The summed E-state index contributed by atoms with van der Waals surface area (Å²) < 4.78 is 83.4. The highest BCUT2D eigenvalue weighted by Gasteiger charge is 2.39. The number of H-pyrrole nitrogens is 1. The van der Waals surface area contributed by atoms with Crippen LogP contribution in [0.4, 0.5) is 26.3 Å². The molecule has 0 bridgehead atoms. The molecule has 0 saturated carbocycles. The Labute approximate surface area is 138 Å². The lowest BCUT2D eigenvalue weighted by Gasteiger charge is -2.32. The van der Waals surface area contributed by atoms with Gasteiger partial charge in [0.05, 0.1) is 16.6 Å². The first-order chi connectivity index (χ1) is 11.5. The predicted octanol–water partition coefficient (Wildman–Crippen LogP) is 3.65. The standard InChI is InChI=1S/C15H15F6N3O/c16-14(17,18)8-5-9(15(19,20)21)12-10(6-8)23-11(24-12)7-13(22)1-3-25-4-2-13/h5-6H,1-4,7,22H2,(H,23,24). The molecule has 0 unspecified atom stereocenters. The molecule has 0 aliphatic carbocycles. The van der Waals surface area contributed by atoms with Gasteiger partial charge in [-0.1, -0.05) is 0 Å². The minimum atomic E-state index is -4.95. The van der Waals surface area contributed by atoms with Crippen LogP contribution in [-0.4, -0.2) is 28.7 Å². The Morgan fingerprint density at radius 3 is 2.28 bits per heavy atom. The summed E-state index contributed by atoms with van der Waals surface area (Å²) in [7, 11) is 0. The van der Waals surface area contributed by atoms with E-state index in [1.54, 1.807) is 0 Å². The van der Waals surface area contributed by atoms with Gasteiger partial charge in [0, 0.05) is 25.2 Å². The van der Waals surface area contributed by atoms with Crippen molar-refractivity contribution in [3.05, 3.63) is 29.1 Å². The summed E-state index contributed by atoms with van der Waals surface area (Å²) in [5.74, 6) is 0.129. The maximum Gasteiger partial charge on any atom is 0.418 e. The van der Waals surface area contributed by atoms with Gasteiger partial charge in [0.1, 0.15) is 11.3 Å². The number of ether oxygens (including phenoxy) is 1. The fourth-order valence-corrected chi connectivity index (χ4v) is 2.92. The Hall–Kier alpha value is -1.81. The molecule has 3 rings (SSSR count). The molecule has 0 amide bonds. The van der Waals surface area contributed by atoms with Crippen molar-refractivity contribution in [1.82, 2.24) is 9.97 Å². The third kappa shape index (κ3) is 3.74. The number of aromatic amines is 1. The lowest BCUT2D eigenvalue weighted by Crippen LogP contribution is -2.47. The van der Waals surface area contributed by atoms with Crippen LogP contribution in [0.25, 0.3) is 11.0 Å². The first-order valence-electron chi connectivity index (χ1n) is 7.52. The van der Waals surface area contributed by atoms with Crippen molar-refractivity contribution in [2.24, 2.45) is 5.73 Å². The molecule has 25 heavy (non-hydrogen) atoms. The first kappa shape index (κ1) is 18.0. The van der Waals surface area contributed by atoms with Gasteiger partial charge in [-0.15, -0.1) is 0 Å². The van der Waals surface area contributed by atoms with Gasteiger partial charge in [0.25, 0.3) is 0 Å². The van der Waals surface area contributed by atoms with E-state index in [2.05, 4.69) is 9.97 Å². The van der Waals surface area contributed by atoms with Gasteiger partial charge in [0.2, 0.25) is 0 Å². The molecular formula is C15H15F6N3O. The summed E-state index contributed by atoms with van der Waals surface area (Å²) in [6.45, 7) is 0.839. The summed E-state index contributed by atoms with van der Waals surface area (Å²) >= 11 is 0. The topological polar surface area (TPSA) is 63.9 Å². The molecule has 0 atom stereocenters. The van der Waals surface area contributed by atoms with Gasteiger partial charge in [-0.3, -0.25) is 0 Å². The maximum atomic E-state index is 13.2. The number of halogens is 6. The molecular weight excluding hydrogens is 352 g/mol. The van der Waals surface area contributed by atoms with Crippen LogP contribution in [0.2, 0.25) is 0 Å². The molecule has 1 aliphatic rings. The summed E-state index contributed by atoms with van der Waals surface area (Å²) in [5.41, 5.74) is 1.84. The van der Waals surface area contributed by atoms with Crippen LogP contribution in [0, 0.1) is 0 Å². The van der Waals surface area contributed by atoms with Gasteiger partial charge in [0.15, 0.2) is 0 Å². The smallest absolute Gasteiger partial charge is 0.381 e. The lowest BCUT2D eigenvalue weighted by molar-refractivity contribution is -0.142. The fraction of sp³-hybridized carbons (Fsp3) is 0.533. The molecule has 1 fully saturated rings. The van der Waals surface area contributed by atoms with Gasteiger partial charge in [-0.05, 0) is 25.0 Å². The first-order valence-corrected chi connectivity index (χ1v) is 7.52. The molecule has 2 heterocycles. The van der Waals surface area contributed by atoms with E-state index < -0.39 is 34.5 Å². The minimum Gasteiger partial charge on any atom is -0.381 e. The molecule has 3 N–H and O–H groups in total. The van der Waals surface area contributed by atoms with E-state index in [9.17, 15) is 26.3 Å². The van der Waals surface area contributed by atoms with Crippen molar-refractivity contribution in [1.29, 1.82) is 0 Å². The largest absolute Gasteiger partial charge is 0.418 e. The summed E-state index contributed by atoms with van der Waals surface area (Å²) in [5, 5.41) is 0. The van der Waals surface area contributed by atoms with Gasteiger partial charge >= 0.3 is 12.4 Å². The molecule has 138 valence electrons. The SMILES string of the molecule is NC1(Cc2nc3c(C(F)(F)F)cc(C(F)(F)F)cc3[nH]2)CCOCC1. The molecule has 2 aromatic rings. The predicted molar refractivity (Wildman–Crippen MR) is 76.8 cm³/mol. The van der Waals surface area contributed by atoms with E-state index >= 15 is 0 Å². The van der Waals surface area contributed by atoms with Gasteiger partial charge in [-0.2, -0.15) is 26.3 Å². The van der Waals surface area contributed by atoms with E-state index in [0.29, 0.717) is 32.1 Å². The van der Waals surface area contributed by atoms with E-state index in [-0.39, 0.29) is 23.8 Å². The van der Waals surface area contributed by atoms with Crippen LogP contribution in [0.5, 0.6) is 0 Å². The number of hydrogen-bond donors (Lipinski definition) is 2. The van der Waals surface area contributed by atoms with Gasteiger partial charge < -0.3 is 15.5 Å². The van der Waals surface area contributed by atoms with Crippen LogP contribution >= 0.6 is 0 Å². The number of rotatable bonds is 2. The van der Waals surface area contributed by atoms with Gasteiger partial charge in [-0.25, -0.2) is 4.98 Å². The zero-order valence-electron chi connectivity index (χ0n) is 12.9. The number of nitrogens with two attached hydrogens (primary N) is 1. The highest BCUT2D eigenvalue weighted by molar-refractivity contribution is 5.80. The van der Waals surface area contributed by atoms with E-state index in [1.807, 2.05) is 0 Å². The Morgan fingerprint density at radius 2 is 1.72 bits per heavy atom. The molecule has 1 aliphatic heterocycles. The second-order valence-corrected chi connectivity index (χ2v) is 6.25. The van der Waals surface area contributed by atoms with Crippen molar-refractivity contribution < 1.29 is 31.1 Å². The normalized spacial score (nSPS) is 18.7. The van der Waals surface area contributed by atoms with E-state index in [4.69, 9.17) is 10.5 Å². The van der Waals surface area contributed by atoms with Crippen LogP contribution in [0.15, 0.2) is 12.1 Å². The number of alkyl halides is 6. The number of benzene rings is 1. The van der Waals surface area contributed by atoms with E-state index in [1.165, 1.54) is 0 Å². The number of aromatic nitrogens is 2. The molecule has 10 heteroatoms. The second-order valence-electron chi connectivity index (χ2n) is 6.25. The fourth-order valence-electron chi connectivity index (χ4n) is 2.92. The molecule has 1 aromatic carbocycles. The molecule has 1 aromatic heterocycles. The summed E-state index contributed by atoms with van der Waals surface area (Å²) in [6.07, 6.45) is -8.74. The van der Waals surface area contributed by atoms with E-state index in [0.717, 1.165) is 0 Å². The number of imidazole rings is 1.